The minimum atomic E-state index is 0.659. The monoisotopic (exact) mass is 228 g/mol. The van der Waals surface area contributed by atoms with Crippen LogP contribution in [-0.2, 0) is 5.75 Å². The molecule has 14 heavy (non-hydrogen) atoms. The number of hydrogen-bond donors (Lipinski definition) is 1. The fraction of sp³-hybridized carbons (Fsp3) is 0.286. The van der Waals surface area contributed by atoms with Crippen LogP contribution in [0.5, 0.6) is 0 Å². The lowest BCUT2D eigenvalue weighted by atomic mass is 10.9. The van der Waals surface area contributed by atoms with Crippen molar-refractivity contribution in [2.24, 2.45) is 0 Å². The van der Waals surface area contributed by atoms with Gasteiger partial charge in [0.1, 0.15) is 11.3 Å². The van der Waals surface area contributed by atoms with E-state index in [-0.39, 0.29) is 0 Å². The SMILES string of the molecule is CNc1nnc(CSc2ncco2)s1. The van der Waals surface area contributed by atoms with Crippen LogP contribution >= 0.6 is 23.1 Å². The Morgan fingerprint density at radius 1 is 1.57 bits per heavy atom. The number of anilines is 1. The summed E-state index contributed by atoms with van der Waals surface area (Å²) in [5.74, 6) is 0.736. The Labute approximate surface area is 89.0 Å². The van der Waals surface area contributed by atoms with E-state index in [1.807, 2.05) is 7.05 Å². The third-order valence-corrected chi connectivity index (χ3v) is 3.40. The molecule has 0 spiro atoms. The summed E-state index contributed by atoms with van der Waals surface area (Å²) in [5.41, 5.74) is 0. The van der Waals surface area contributed by atoms with E-state index in [0.717, 1.165) is 15.9 Å². The average molecular weight is 228 g/mol. The van der Waals surface area contributed by atoms with Crippen molar-refractivity contribution in [1.29, 1.82) is 0 Å². The first-order chi connectivity index (χ1) is 6.88. The summed E-state index contributed by atoms with van der Waals surface area (Å²) in [5, 5.41) is 13.3. The highest BCUT2D eigenvalue weighted by Crippen LogP contribution is 2.24. The standard InChI is InChI=1S/C7H8N4OS2/c1-8-6-11-10-5(14-6)4-13-7-9-2-3-12-7/h2-3H,4H2,1H3,(H,8,11). The van der Waals surface area contributed by atoms with E-state index in [2.05, 4.69) is 20.5 Å². The smallest absolute Gasteiger partial charge is 0.255 e. The van der Waals surface area contributed by atoms with Gasteiger partial charge in [0.25, 0.3) is 5.22 Å². The van der Waals surface area contributed by atoms with Crippen molar-refractivity contribution in [2.75, 3.05) is 12.4 Å². The maximum atomic E-state index is 5.08. The van der Waals surface area contributed by atoms with E-state index in [1.165, 1.54) is 23.1 Å². The predicted octanol–water partition coefficient (Wildman–Crippen LogP) is 1.86. The minimum absolute atomic E-state index is 0.659. The molecular formula is C7H8N4OS2. The number of aromatic nitrogens is 3. The second kappa shape index (κ2) is 4.43. The first-order valence-corrected chi connectivity index (χ1v) is 5.71. The summed E-state index contributed by atoms with van der Waals surface area (Å²) < 4.78 is 5.08. The molecule has 0 aliphatic heterocycles. The molecule has 7 heteroatoms. The molecule has 2 heterocycles. The maximum absolute atomic E-state index is 5.08. The van der Waals surface area contributed by atoms with Gasteiger partial charge in [0.15, 0.2) is 0 Å². The Bertz CT molecular complexity index is 386. The molecule has 0 saturated carbocycles. The summed E-state index contributed by atoms with van der Waals surface area (Å²) in [6.45, 7) is 0. The van der Waals surface area contributed by atoms with Gasteiger partial charge in [-0.3, -0.25) is 0 Å². The van der Waals surface area contributed by atoms with E-state index < -0.39 is 0 Å². The fourth-order valence-corrected chi connectivity index (χ4v) is 2.28. The summed E-state index contributed by atoms with van der Waals surface area (Å²) in [7, 11) is 1.82. The van der Waals surface area contributed by atoms with Crippen LogP contribution in [0.4, 0.5) is 5.13 Å². The third kappa shape index (κ3) is 2.24. The highest BCUT2D eigenvalue weighted by atomic mass is 32.2. The second-order valence-corrected chi connectivity index (χ2v) is 4.33. The topological polar surface area (TPSA) is 63.8 Å². The molecule has 0 unspecified atom stereocenters. The minimum Gasteiger partial charge on any atom is -0.440 e. The number of hydrogen-bond acceptors (Lipinski definition) is 7. The molecule has 2 rings (SSSR count). The van der Waals surface area contributed by atoms with Crippen molar-refractivity contribution in [2.45, 2.75) is 11.0 Å². The first-order valence-electron chi connectivity index (χ1n) is 3.91. The summed E-state index contributed by atoms with van der Waals surface area (Å²) >= 11 is 3.04. The van der Waals surface area contributed by atoms with Gasteiger partial charge in [0.2, 0.25) is 5.13 Å². The van der Waals surface area contributed by atoms with Crippen molar-refractivity contribution in [1.82, 2.24) is 15.2 Å². The van der Waals surface area contributed by atoms with Gasteiger partial charge in [-0.1, -0.05) is 23.1 Å². The van der Waals surface area contributed by atoms with Gasteiger partial charge in [-0.05, 0) is 0 Å². The molecule has 5 nitrogen and oxygen atoms in total. The van der Waals surface area contributed by atoms with Crippen LogP contribution in [0, 0.1) is 0 Å². The van der Waals surface area contributed by atoms with Gasteiger partial charge < -0.3 is 9.73 Å². The van der Waals surface area contributed by atoms with E-state index in [1.54, 1.807) is 12.5 Å². The normalized spacial score (nSPS) is 10.4. The second-order valence-electron chi connectivity index (χ2n) is 2.34. The van der Waals surface area contributed by atoms with Gasteiger partial charge in [0.05, 0.1) is 11.9 Å². The summed E-state index contributed by atoms with van der Waals surface area (Å²) in [4.78, 5) is 4.00. The third-order valence-electron chi connectivity index (χ3n) is 1.41. The Morgan fingerprint density at radius 3 is 3.14 bits per heavy atom. The zero-order chi connectivity index (χ0) is 9.80. The molecule has 74 valence electrons. The highest BCUT2D eigenvalue weighted by molar-refractivity contribution is 7.98. The van der Waals surface area contributed by atoms with Crippen LogP contribution in [0.25, 0.3) is 0 Å². The Balaban J connectivity index is 1.92. The molecule has 1 N–H and O–H groups in total. The Morgan fingerprint density at radius 2 is 2.50 bits per heavy atom. The number of thioether (sulfide) groups is 1. The van der Waals surface area contributed by atoms with Gasteiger partial charge in [0, 0.05) is 7.05 Å². The Kier molecular flexibility index (Phi) is 3.00. The first kappa shape index (κ1) is 9.47. The molecule has 0 aromatic carbocycles. The molecule has 2 aromatic heterocycles. The van der Waals surface area contributed by atoms with Crippen molar-refractivity contribution < 1.29 is 4.42 Å². The predicted molar refractivity (Wildman–Crippen MR) is 55.5 cm³/mol. The van der Waals surface area contributed by atoms with E-state index in [4.69, 9.17) is 4.42 Å². The summed E-state index contributed by atoms with van der Waals surface area (Å²) in [6, 6.07) is 0. The maximum Gasteiger partial charge on any atom is 0.255 e. The Hall–Kier alpha value is -1.08. The van der Waals surface area contributed by atoms with Crippen LogP contribution in [0.3, 0.4) is 0 Å². The molecular weight excluding hydrogens is 220 g/mol. The molecule has 0 bridgehead atoms. The lowest BCUT2D eigenvalue weighted by Crippen LogP contribution is -1.84. The van der Waals surface area contributed by atoms with E-state index in [9.17, 15) is 0 Å². The molecule has 0 amide bonds. The van der Waals surface area contributed by atoms with Gasteiger partial charge >= 0.3 is 0 Å². The molecule has 0 atom stereocenters. The molecule has 0 aliphatic carbocycles. The molecule has 0 aliphatic rings. The quantitative estimate of drug-likeness (QED) is 0.806. The molecule has 2 aromatic rings. The molecule has 0 saturated heterocycles. The van der Waals surface area contributed by atoms with Gasteiger partial charge in [-0.2, -0.15) is 0 Å². The van der Waals surface area contributed by atoms with Crippen molar-refractivity contribution in [3.8, 4) is 0 Å². The van der Waals surface area contributed by atoms with Crippen molar-refractivity contribution >= 4 is 28.2 Å². The van der Waals surface area contributed by atoms with Crippen LogP contribution in [0.15, 0.2) is 22.1 Å². The van der Waals surface area contributed by atoms with Crippen LogP contribution in [-0.4, -0.2) is 22.2 Å². The molecule has 0 fully saturated rings. The number of rotatable bonds is 4. The van der Waals surface area contributed by atoms with Gasteiger partial charge in [-0.25, -0.2) is 4.98 Å². The number of nitrogens with zero attached hydrogens (tertiary/aromatic N) is 3. The van der Waals surface area contributed by atoms with Gasteiger partial charge in [-0.15, -0.1) is 10.2 Å². The molecule has 0 radical (unpaired) electrons. The van der Waals surface area contributed by atoms with Crippen LogP contribution in [0.1, 0.15) is 5.01 Å². The highest BCUT2D eigenvalue weighted by Gasteiger charge is 2.05. The summed E-state index contributed by atoms with van der Waals surface area (Å²) in [6.07, 6.45) is 3.18. The zero-order valence-electron chi connectivity index (χ0n) is 7.43. The number of nitrogens with one attached hydrogen (secondary N) is 1. The van der Waals surface area contributed by atoms with Crippen LogP contribution < -0.4 is 5.32 Å². The van der Waals surface area contributed by atoms with E-state index >= 15 is 0 Å². The zero-order valence-corrected chi connectivity index (χ0v) is 9.06. The number of oxazole rings is 1. The fourth-order valence-electron chi connectivity index (χ4n) is 0.818. The van der Waals surface area contributed by atoms with Crippen LogP contribution in [0.2, 0.25) is 0 Å². The van der Waals surface area contributed by atoms with Crippen molar-refractivity contribution in [3.63, 3.8) is 0 Å². The van der Waals surface area contributed by atoms with Crippen molar-refractivity contribution in [3.05, 3.63) is 17.5 Å². The largest absolute Gasteiger partial charge is 0.440 e. The average Bonchev–Trinajstić information content (AvgIpc) is 2.86. The lowest BCUT2D eigenvalue weighted by molar-refractivity contribution is 0.454. The lowest BCUT2D eigenvalue weighted by Gasteiger charge is -1.90. The van der Waals surface area contributed by atoms with E-state index in [0.29, 0.717) is 5.22 Å².